The van der Waals surface area contributed by atoms with Gasteiger partial charge in [-0.2, -0.15) is 5.10 Å². The van der Waals surface area contributed by atoms with E-state index < -0.39 is 30.2 Å². The lowest BCUT2D eigenvalue weighted by Crippen LogP contribution is -2.46. The molecular weight excluding hydrogens is 438 g/mol. The van der Waals surface area contributed by atoms with Crippen molar-refractivity contribution < 1.29 is 11.6 Å². The summed E-state index contributed by atoms with van der Waals surface area (Å²) in [5.41, 5.74) is 0.897. The van der Waals surface area contributed by atoms with Crippen LogP contribution >= 0.6 is 11.6 Å². The van der Waals surface area contributed by atoms with Crippen molar-refractivity contribution in [1.82, 2.24) is 19.2 Å². The molecular formula is C25H32ClN5O2. The number of rotatable bonds is 10. The van der Waals surface area contributed by atoms with Gasteiger partial charge in [0.25, 0.3) is 0 Å². The Labute approximate surface area is 207 Å². The molecule has 1 aliphatic rings. The number of piperazine rings is 1. The third-order valence-electron chi connectivity index (χ3n) is 5.74. The van der Waals surface area contributed by atoms with Gasteiger partial charge < -0.3 is 9.64 Å². The Morgan fingerprint density at radius 3 is 2.61 bits per heavy atom. The average molecular weight is 475 g/mol. The van der Waals surface area contributed by atoms with Gasteiger partial charge in [-0.25, -0.2) is 9.48 Å². The molecule has 1 aliphatic heterocycles. The number of anilines is 1. The van der Waals surface area contributed by atoms with Crippen LogP contribution in [0.3, 0.4) is 0 Å². The van der Waals surface area contributed by atoms with Crippen LogP contribution in [0.15, 0.2) is 59.3 Å². The molecule has 0 bridgehead atoms. The van der Waals surface area contributed by atoms with Crippen LogP contribution in [0.1, 0.15) is 26.0 Å². The number of aromatic nitrogens is 3. The van der Waals surface area contributed by atoms with Crippen LogP contribution in [0.5, 0.6) is 5.75 Å². The molecule has 4 rings (SSSR count). The van der Waals surface area contributed by atoms with E-state index in [9.17, 15) is 4.79 Å². The first-order valence-electron chi connectivity index (χ1n) is 13.8. The molecule has 0 radical (unpaired) electrons. The lowest BCUT2D eigenvalue weighted by molar-refractivity contribution is 0.248. The zero-order valence-corrected chi connectivity index (χ0v) is 19.6. The van der Waals surface area contributed by atoms with Crippen molar-refractivity contribution in [2.45, 2.75) is 32.9 Å². The lowest BCUT2D eigenvalue weighted by atomic mass is 10.2. The van der Waals surface area contributed by atoms with E-state index in [0.29, 0.717) is 18.8 Å². The monoisotopic (exact) mass is 474 g/mol. The predicted molar refractivity (Wildman–Crippen MR) is 133 cm³/mol. The van der Waals surface area contributed by atoms with Gasteiger partial charge in [0.15, 0.2) is 0 Å². The third kappa shape index (κ3) is 6.18. The fourth-order valence-electron chi connectivity index (χ4n) is 4.01. The van der Waals surface area contributed by atoms with Gasteiger partial charge in [-0.1, -0.05) is 42.7 Å². The molecule has 0 unspecified atom stereocenters. The van der Waals surface area contributed by atoms with E-state index in [-0.39, 0.29) is 24.6 Å². The van der Waals surface area contributed by atoms with Crippen LogP contribution in [0.2, 0.25) is 5.02 Å². The zero-order chi connectivity index (χ0) is 27.4. The lowest BCUT2D eigenvalue weighted by Gasteiger charge is -2.36. The van der Waals surface area contributed by atoms with E-state index in [1.807, 2.05) is 25.1 Å². The summed E-state index contributed by atoms with van der Waals surface area (Å²) in [6.07, 6.45) is 1.35. The van der Waals surface area contributed by atoms with Crippen molar-refractivity contribution in [1.29, 1.82) is 0 Å². The molecule has 0 aliphatic carbocycles. The van der Waals surface area contributed by atoms with Gasteiger partial charge in [0.1, 0.15) is 18.2 Å². The van der Waals surface area contributed by atoms with Gasteiger partial charge in [-0.15, -0.1) is 0 Å². The zero-order valence-electron chi connectivity index (χ0n) is 23.8. The van der Waals surface area contributed by atoms with Gasteiger partial charge in [-0.3, -0.25) is 9.47 Å². The SMILES string of the molecule is [2H]c1c([2H])c([2H])c(OCCn2c(CC)nn(CCCN3CCN(c4cccc(Cl)c4)CC3)c2=O)c([2H])c1[2H]. The van der Waals surface area contributed by atoms with Crippen molar-refractivity contribution in [3.63, 3.8) is 0 Å². The summed E-state index contributed by atoms with van der Waals surface area (Å²) in [6, 6.07) is 5.73. The minimum absolute atomic E-state index is 0.0243. The Morgan fingerprint density at radius 2 is 1.88 bits per heavy atom. The highest BCUT2D eigenvalue weighted by Gasteiger charge is 2.18. The maximum atomic E-state index is 13.0. The van der Waals surface area contributed by atoms with E-state index >= 15 is 0 Å². The van der Waals surface area contributed by atoms with Gasteiger partial charge >= 0.3 is 5.69 Å². The predicted octanol–water partition coefficient (Wildman–Crippen LogP) is 3.55. The minimum Gasteiger partial charge on any atom is -0.492 e. The summed E-state index contributed by atoms with van der Waals surface area (Å²) >= 11 is 6.13. The van der Waals surface area contributed by atoms with Crippen LogP contribution in [0.25, 0.3) is 0 Å². The highest BCUT2D eigenvalue weighted by Crippen LogP contribution is 2.20. The summed E-state index contributed by atoms with van der Waals surface area (Å²) in [5.74, 6) is 0.403. The summed E-state index contributed by atoms with van der Waals surface area (Å²) in [7, 11) is 0. The molecule has 1 saturated heterocycles. The fraction of sp³-hybridized carbons (Fsp3) is 0.440. The molecule has 1 fully saturated rings. The Balaban J connectivity index is 1.30. The van der Waals surface area contributed by atoms with E-state index in [4.69, 9.17) is 23.2 Å². The molecule has 0 saturated carbocycles. The first-order valence-corrected chi connectivity index (χ1v) is 11.7. The van der Waals surface area contributed by atoms with Gasteiger partial charge in [0.2, 0.25) is 0 Å². The smallest absolute Gasteiger partial charge is 0.346 e. The molecule has 1 aromatic heterocycles. The number of ether oxygens (including phenoxy) is 1. The fourth-order valence-corrected chi connectivity index (χ4v) is 4.20. The number of aryl methyl sites for hydroxylation is 2. The van der Waals surface area contributed by atoms with Crippen molar-refractivity contribution in [2.75, 3.05) is 44.2 Å². The number of benzene rings is 2. The van der Waals surface area contributed by atoms with Crippen molar-refractivity contribution >= 4 is 17.3 Å². The standard InChI is InChI=1S/C25H32ClN5O2/c1-2-24-27-31(25(32)30(24)18-19-33-23-10-4-3-5-11-23)13-7-12-28-14-16-29(17-15-28)22-9-6-8-21(26)20-22/h3-6,8-11,20H,2,7,12-19H2,1H3/i3D,4D,5D,10D,11D. The molecule has 3 aromatic rings. The van der Waals surface area contributed by atoms with Crippen molar-refractivity contribution in [2.24, 2.45) is 0 Å². The van der Waals surface area contributed by atoms with Gasteiger partial charge in [-0.05, 0) is 36.7 Å². The molecule has 0 amide bonds. The topological polar surface area (TPSA) is 55.5 Å². The van der Waals surface area contributed by atoms with Crippen LogP contribution in [-0.4, -0.2) is 58.6 Å². The second-order valence-electron chi connectivity index (χ2n) is 7.89. The van der Waals surface area contributed by atoms with Crippen LogP contribution in [0.4, 0.5) is 5.69 Å². The second kappa shape index (κ2) is 11.4. The summed E-state index contributed by atoms with van der Waals surface area (Å²) in [4.78, 5) is 17.7. The number of halogens is 1. The largest absolute Gasteiger partial charge is 0.492 e. The molecule has 2 heterocycles. The molecule has 0 spiro atoms. The quantitative estimate of drug-likeness (QED) is 0.449. The normalized spacial score (nSPS) is 16.7. The van der Waals surface area contributed by atoms with Crippen LogP contribution in [0, 0.1) is 0 Å². The van der Waals surface area contributed by atoms with E-state index in [1.165, 1.54) is 9.25 Å². The van der Waals surface area contributed by atoms with Gasteiger partial charge in [0.05, 0.1) is 13.4 Å². The highest BCUT2D eigenvalue weighted by molar-refractivity contribution is 6.30. The molecule has 0 atom stereocenters. The second-order valence-corrected chi connectivity index (χ2v) is 8.33. The maximum absolute atomic E-state index is 13.0. The average Bonchev–Trinajstić information content (AvgIpc) is 3.22. The number of para-hydroxylation sites is 1. The first-order chi connectivity index (χ1) is 18.2. The minimum atomic E-state index is -0.471. The molecule has 8 heteroatoms. The molecule has 7 nitrogen and oxygen atoms in total. The third-order valence-corrected chi connectivity index (χ3v) is 5.98. The highest BCUT2D eigenvalue weighted by atomic mass is 35.5. The summed E-state index contributed by atoms with van der Waals surface area (Å²) < 4.78 is 47.7. The van der Waals surface area contributed by atoms with Crippen LogP contribution in [-0.2, 0) is 19.5 Å². The number of hydrogen-bond donors (Lipinski definition) is 0. The molecule has 2 aromatic carbocycles. The first kappa shape index (κ1) is 17.7. The number of hydrogen-bond acceptors (Lipinski definition) is 5. The Hall–Kier alpha value is -2.77. The van der Waals surface area contributed by atoms with Crippen LogP contribution < -0.4 is 15.3 Å². The van der Waals surface area contributed by atoms with Crippen molar-refractivity contribution in [3.05, 3.63) is 75.8 Å². The van der Waals surface area contributed by atoms with Gasteiger partial charge in [0, 0.05) is 56.4 Å². The number of nitrogens with zero attached hydrogens (tertiary/aromatic N) is 5. The summed E-state index contributed by atoms with van der Waals surface area (Å²) in [6.45, 7) is 7.12. The van der Waals surface area contributed by atoms with E-state index in [0.717, 1.165) is 49.9 Å². The summed E-state index contributed by atoms with van der Waals surface area (Å²) in [5, 5.41) is 5.22. The Bertz CT molecular complexity index is 1310. The Kier molecular flexibility index (Phi) is 6.10. The van der Waals surface area contributed by atoms with E-state index in [1.54, 1.807) is 0 Å². The van der Waals surface area contributed by atoms with Crippen molar-refractivity contribution in [3.8, 4) is 5.75 Å². The maximum Gasteiger partial charge on any atom is 0.346 e. The Morgan fingerprint density at radius 1 is 1.09 bits per heavy atom. The molecule has 0 N–H and O–H groups in total. The van der Waals surface area contributed by atoms with E-state index in [2.05, 4.69) is 21.0 Å². The molecule has 176 valence electrons. The molecule has 33 heavy (non-hydrogen) atoms.